The Morgan fingerprint density at radius 3 is 2.22 bits per heavy atom. The average molecular weight is 460 g/mol. The molecule has 0 aliphatic carbocycles. The van der Waals surface area contributed by atoms with E-state index in [0.717, 1.165) is 4.90 Å². The quantitative estimate of drug-likeness (QED) is 0.133. The third-order valence-electron chi connectivity index (χ3n) is 5.20. The Kier molecular flexibility index (Phi) is 11.6. The summed E-state index contributed by atoms with van der Waals surface area (Å²) in [7, 11) is 0. The number of carboxylic acids is 2. The first-order valence-corrected chi connectivity index (χ1v) is 10.5. The van der Waals surface area contributed by atoms with Crippen molar-refractivity contribution in [1.82, 2.24) is 15.5 Å². The van der Waals surface area contributed by atoms with Gasteiger partial charge in [-0.25, -0.2) is 4.79 Å². The molecule has 1 heterocycles. The molecule has 1 saturated heterocycles. The summed E-state index contributed by atoms with van der Waals surface area (Å²) in [4.78, 5) is 60.9. The van der Waals surface area contributed by atoms with E-state index in [1.165, 1.54) is 0 Å². The minimum absolute atomic E-state index is 0.123. The smallest absolute Gasteiger partial charge is 0.326 e. The van der Waals surface area contributed by atoms with E-state index in [0.29, 0.717) is 25.8 Å². The Labute approximate surface area is 185 Å². The van der Waals surface area contributed by atoms with Crippen molar-refractivity contribution >= 4 is 29.7 Å². The summed E-state index contributed by atoms with van der Waals surface area (Å²) >= 11 is 0. The molecule has 182 valence electrons. The highest BCUT2D eigenvalue weighted by Gasteiger charge is 2.38. The number of amides is 3. The minimum atomic E-state index is -1.38. The van der Waals surface area contributed by atoms with Gasteiger partial charge in [0, 0.05) is 13.0 Å². The molecule has 0 aromatic rings. The molecule has 9 N–H and O–H groups in total. The van der Waals surface area contributed by atoms with Gasteiger partial charge in [-0.3, -0.25) is 19.2 Å². The van der Waals surface area contributed by atoms with Crippen LogP contribution in [0.2, 0.25) is 0 Å². The first kappa shape index (κ1) is 27.3. The summed E-state index contributed by atoms with van der Waals surface area (Å²) in [5.41, 5.74) is 11.2. The third-order valence-corrected chi connectivity index (χ3v) is 5.20. The highest BCUT2D eigenvalue weighted by atomic mass is 16.4. The Morgan fingerprint density at radius 1 is 1.00 bits per heavy atom. The molecule has 0 saturated carbocycles. The molecule has 3 amide bonds. The maximum atomic E-state index is 12.8. The topological polar surface area (TPSA) is 225 Å². The summed E-state index contributed by atoms with van der Waals surface area (Å²) in [6.45, 7) is -0.198. The van der Waals surface area contributed by atoms with Crippen molar-refractivity contribution < 1.29 is 39.3 Å². The summed E-state index contributed by atoms with van der Waals surface area (Å²) in [6.07, 6.45) is 1.54. The van der Waals surface area contributed by atoms with Gasteiger partial charge in [-0.2, -0.15) is 0 Å². The number of aliphatic hydroxyl groups is 1. The molecule has 13 heteroatoms. The number of aliphatic hydroxyl groups excluding tert-OH is 1. The van der Waals surface area contributed by atoms with Crippen LogP contribution in [-0.4, -0.2) is 93.7 Å². The number of nitrogens with zero attached hydrogens (tertiary/aromatic N) is 1. The van der Waals surface area contributed by atoms with E-state index < -0.39 is 60.4 Å². The fraction of sp³-hybridized carbons (Fsp3) is 0.737. The number of rotatable bonds is 14. The molecule has 1 rings (SSSR count). The monoisotopic (exact) mass is 459 g/mol. The molecule has 0 bridgehead atoms. The Balaban J connectivity index is 2.83. The Bertz CT molecular complexity index is 689. The van der Waals surface area contributed by atoms with Gasteiger partial charge in [-0.15, -0.1) is 0 Å². The number of aliphatic carboxylic acids is 2. The predicted octanol–water partition coefficient (Wildman–Crippen LogP) is -2.65. The summed E-state index contributed by atoms with van der Waals surface area (Å²) in [5.74, 6) is -4.48. The standard InChI is InChI=1S/C19H33N5O8/c20-8-2-1-4-12(22-16(28)11(21)6-7-15(26)27)17(29)23-13(10-25)18(30)24-9-3-5-14(24)19(31)32/h11-14,25H,1-10,20-21H2,(H,22,28)(H,23,29)(H,26,27)(H,31,32). The second-order valence-corrected chi connectivity index (χ2v) is 7.66. The van der Waals surface area contributed by atoms with Crippen molar-refractivity contribution in [3.8, 4) is 0 Å². The van der Waals surface area contributed by atoms with E-state index in [4.69, 9.17) is 16.6 Å². The number of carboxylic acid groups (broad SMARTS) is 2. The summed E-state index contributed by atoms with van der Waals surface area (Å²) in [6, 6.07) is -4.65. The highest BCUT2D eigenvalue weighted by Crippen LogP contribution is 2.18. The molecule has 0 spiro atoms. The normalized spacial score (nSPS) is 18.5. The lowest BCUT2D eigenvalue weighted by Crippen LogP contribution is -2.58. The van der Waals surface area contributed by atoms with Crippen LogP contribution in [0.4, 0.5) is 0 Å². The zero-order valence-corrected chi connectivity index (χ0v) is 17.9. The predicted molar refractivity (Wildman–Crippen MR) is 111 cm³/mol. The molecule has 0 radical (unpaired) electrons. The van der Waals surface area contributed by atoms with E-state index in [-0.39, 0.29) is 32.2 Å². The van der Waals surface area contributed by atoms with Gasteiger partial charge in [0.15, 0.2) is 0 Å². The van der Waals surface area contributed by atoms with E-state index in [1.807, 2.05) is 0 Å². The van der Waals surface area contributed by atoms with Gasteiger partial charge in [-0.05, 0) is 45.1 Å². The Morgan fingerprint density at radius 2 is 1.66 bits per heavy atom. The number of carbonyl (C=O) groups is 5. The number of unbranched alkanes of at least 4 members (excludes halogenated alkanes) is 1. The molecule has 0 aromatic carbocycles. The molecule has 1 aliphatic rings. The van der Waals surface area contributed by atoms with E-state index >= 15 is 0 Å². The van der Waals surface area contributed by atoms with Crippen molar-refractivity contribution in [3.05, 3.63) is 0 Å². The molecule has 4 unspecified atom stereocenters. The maximum absolute atomic E-state index is 12.8. The van der Waals surface area contributed by atoms with Crippen LogP contribution in [0.15, 0.2) is 0 Å². The van der Waals surface area contributed by atoms with Gasteiger partial charge >= 0.3 is 11.9 Å². The van der Waals surface area contributed by atoms with Gasteiger partial charge in [0.25, 0.3) is 0 Å². The molecule has 32 heavy (non-hydrogen) atoms. The van der Waals surface area contributed by atoms with Crippen molar-refractivity contribution in [2.45, 2.75) is 69.1 Å². The molecule has 1 aliphatic heterocycles. The van der Waals surface area contributed by atoms with Gasteiger partial charge in [0.1, 0.15) is 18.1 Å². The second-order valence-electron chi connectivity index (χ2n) is 7.66. The number of nitrogens with two attached hydrogens (primary N) is 2. The average Bonchev–Trinajstić information content (AvgIpc) is 3.24. The Hall–Kier alpha value is -2.77. The van der Waals surface area contributed by atoms with Gasteiger partial charge in [0.05, 0.1) is 12.6 Å². The minimum Gasteiger partial charge on any atom is -0.481 e. The molecular weight excluding hydrogens is 426 g/mol. The fourth-order valence-electron chi connectivity index (χ4n) is 3.40. The molecule has 13 nitrogen and oxygen atoms in total. The molecule has 1 fully saturated rings. The van der Waals surface area contributed by atoms with Crippen molar-refractivity contribution in [2.75, 3.05) is 19.7 Å². The molecule has 4 atom stereocenters. The van der Waals surface area contributed by atoms with Gasteiger partial charge < -0.3 is 42.3 Å². The van der Waals surface area contributed by atoms with Crippen molar-refractivity contribution in [1.29, 1.82) is 0 Å². The van der Waals surface area contributed by atoms with Crippen LogP contribution in [0.1, 0.15) is 44.9 Å². The van der Waals surface area contributed by atoms with Crippen LogP contribution in [0.25, 0.3) is 0 Å². The molecular formula is C19H33N5O8. The van der Waals surface area contributed by atoms with Crippen molar-refractivity contribution in [3.63, 3.8) is 0 Å². The SMILES string of the molecule is NCCCCC(NC(=O)C(N)CCC(=O)O)C(=O)NC(CO)C(=O)N1CCCC1C(=O)O. The lowest BCUT2D eigenvalue weighted by molar-refractivity contribution is -0.150. The zero-order chi connectivity index (χ0) is 24.3. The first-order valence-electron chi connectivity index (χ1n) is 10.5. The van der Waals surface area contributed by atoms with Crippen LogP contribution >= 0.6 is 0 Å². The van der Waals surface area contributed by atoms with E-state index in [2.05, 4.69) is 10.6 Å². The fourth-order valence-corrected chi connectivity index (χ4v) is 3.40. The lowest BCUT2D eigenvalue weighted by Gasteiger charge is -2.28. The van der Waals surface area contributed by atoms with Crippen LogP contribution in [0, 0.1) is 0 Å². The highest BCUT2D eigenvalue weighted by molar-refractivity contribution is 5.94. The van der Waals surface area contributed by atoms with E-state index in [1.54, 1.807) is 0 Å². The molecule has 0 aromatic heterocycles. The number of nitrogens with one attached hydrogen (secondary N) is 2. The van der Waals surface area contributed by atoms with Crippen LogP contribution in [0.5, 0.6) is 0 Å². The van der Waals surface area contributed by atoms with Crippen molar-refractivity contribution in [2.24, 2.45) is 11.5 Å². The van der Waals surface area contributed by atoms with E-state index in [9.17, 15) is 34.2 Å². The number of hydrogen-bond donors (Lipinski definition) is 7. The number of hydrogen-bond acceptors (Lipinski definition) is 8. The van der Waals surface area contributed by atoms with Crippen LogP contribution < -0.4 is 22.1 Å². The van der Waals surface area contributed by atoms with Gasteiger partial charge in [-0.1, -0.05) is 0 Å². The summed E-state index contributed by atoms with van der Waals surface area (Å²) in [5, 5.41) is 32.4. The lowest BCUT2D eigenvalue weighted by atomic mass is 10.1. The number of likely N-dealkylation sites (tertiary alicyclic amines) is 1. The first-order chi connectivity index (χ1) is 15.1. The largest absolute Gasteiger partial charge is 0.481 e. The maximum Gasteiger partial charge on any atom is 0.326 e. The third kappa shape index (κ3) is 8.40. The summed E-state index contributed by atoms with van der Waals surface area (Å²) < 4.78 is 0. The van der Waals surface area contributed by atoms with Gasteiger partial charge in [0.2, 0.25) is 17.7 Å². The zero-order valence-electron chi connectivity index (χ0n) is 17.9. The second kappa shape index (κ2) is 13.6. The van der Waals surface area contributed by atoms with Crippen LogP contribution in [0.3, 0.4) is 0 Å². The van der Waals surface area contributed by atoms with Crippen LogP contribution in [-0.2, 0) is 24.0 Å². The number of carbonyl (C=O) groups excluding carboxylic acids is 3.